The van der Waals surface area contributed by atoms with E-state index < -0.39 is 17.8 Å². The van der Waals surface area contributed by atoms with Crippen molar-refractivity contribution >= 4 is 35.0 Å². The Labute approximate surface area is 262 Å². The summed E-state index contributed by atoms with van der Waals surface area (Å²) in [7, 11) is 1.57. The second-order valence-electron chi connectivity index (χ2n) is 9.70. The molecule has 0 spiro atoms. The number of rotatable bonds is 10. The van der Waals surface area contributed by atoms with Gasteiger partial charge in [0.05, 0.1) is 47.2 Å². The summed E-state index contributed by atoms with van der Waals surface area (Å²) in [5.74, 6) is 0.486. The fourth-order valence-electron chi connectivity index (χ4n) is 4.87. The summed E-state index contributed by atoms with van der Waals surface area (Å²) >= 11 is 7.37. The summed E-state index contributed by atoms with van der Waals surface area (Å²) in [4.78, 5) is 32.1. The quantitative estimate of drug-likeness (QED) is 0.211. The molecule has 0 N–H and O–H groups in total. The van der Waals surface area contributed by atoms with Gasteiger partial charge in [0.15, 0.2) is 16.3 Å². The molecule has 0 amide bonds. The summed E-state index contributed by atoms with van der Waals surface area (Å²) in [6.07, 6.45) is 1.73. The van der Waals surface area contributed by atoms with Crippen LogP contribution in [0.1, 0.15) is 43.5 Å². The molecule has 0 saturated heterocycles. The molecule has 3 aromatic carbocycles. The number of ether oxygens (including phenoxy) is 4. The summed E-state index contributed by atoms with van der Waals surface area (Å²) < 4.78 is 38.6. The molecule has 2 heterocycles. The van der Waals surface area contributed by atoms with E-state index in [4.69, 9.17) is 30.5 Å². The van der Waals surface area contributed by atoms with E-state index in [0.29, 0.717) is 55.6 Å². The number of fused-ring (bicyclic) bond motifs is 1. The van der Waals surface area contributed by atoms with Crippen LogP contribution < -0.4 is 29.1 Å². The number of hydrogen-bond acceptors (Lipinski definition) is 8. The largest absolute Gasteiger partial charge is 0.497 e. The number of esters is 1. The van der Waals surface area contributed by atoms with Crippen molar-refractivity contribution in [2.75, 3.05) is 20.3 Å². The van der Waals surface area contributed by atoms with E-state index in [1.807, 2.05) is 19.1 Å². The molecule has 1 atom stereocenters. The number of methoxy groups -OCH3 is 1. The third kappa shape index (κ3) is 6.27. The van der Waals surface area contributed by atoms with Gasteiger partial charge in [-0.2, -0.15) is 0 Å². The molecule has 8 nitrogen and oxygen atoms in total. The van der Waals surface area contributed by atoms with E-state index in [9.17, 15) is 14.0 Å². The lowest BCUT2D eigenvalue weighted by Gasteiger charge is -2.24. The number of nitrogens with zero attached hydrogens (tertiary/aromatic N) is 2. The minimum absolute atomic E-state index is 0.0863. The van der Waals surface area contributed by atoms with Crippen LogP contribution in [0.25, 0.3) is 6.08 Å². The Morgan fingerprint density at radius 1 is 1.07 bits per heavy atom. The van der Waals surface area contributed by atoms with Gasteiger partial charge in [-0.15, -0.1) is 0 Å². The van der Waals surface area contributed by atoms with Crippen LogP contribution in [0.5, 0.6) is 17.2 Å². The Bertz CT molecular complexity index is 1900. The Morgan fingerprint density at radius 3 is 2.52 bits per heavy atom. The average Bonchev–Trinajstić information content (AvgIpc) is 3.31. The zero-order chi connectivity index (χ0) is 31.4. The highest BCUT2D eigenvalue weighted by Crippen LogP contribution is 2.33. The van der Waals surface area contributed by atoms with E-state index in [1.54, 1.807) is 63.4 Å². The molecule has 1 unspecified atom stereocenters. The lowest BCUT2D eigenvalue weighted by atomic mass is 9.96. The van der Waals surface area contributed by atoms with Crippen LogP contribution >= 0.6 is 22.9 Å². The third-order valence-corrected chi connectivity index (χ3v) is 8.28. The first-order chi connectivity index (χ1) is 21.2. The molecule has 228 valence electrons. The molecule has 1 aliphatic rings. The molecule has 4 aromatic rings. The lowest BCUT2D eigenvalue weighted by Crippen LogP contribution is -2.39. The van der Waals surface area contributed by atoms with Crippen LogP contribution in [0.15, 0.2) is 81.7 Å². The van der Waals surface area contributed by atoms with Crippen LogP contribution in [-0.2, 0) is 16.1 Å². The molecule has 5 rings (SSSR count). The number of halogens is 2. The molecule has 0 fully saturated rings. The standard InChI is InChI=1S/C33H30ClFN2O6S/c1-5-41-27-16-20(10-15-26(27)43-18-23-24(34)8-7-9-25(23)35)17-28-31(38)37-30(21-11-13-22(40-4)14-12-21)29(32(39)42-6-2)19(3)36-33(37)44-28/h7-17,30H,5-6,18H2,1-4H3/b28-17+. The van der Waals surface area contributed by atoms with Gasteiger partial charge in [-0.3, -0.25) is 9.36 Å². The molecular weight excluding hydrogens is 607 g/mol. The van der Waals surface area contributed by atoms with E-state index in [1.165, 1.54) is 28.0 Å². The summed E-state index contributed by atoms with van der Waals surface area (Å²) in [5, 5.41) is 0.268. The van der Waals surface area contributed by atoms with Crippen molar-refractivity contribution in [1.82, 2.24) is 4.57 Å². The summed E-state index contributed by atoms with van der Waals surface area (Å²) in [6.45, 7) is 5.77. The number of carbonyl (C=O) groups excluding carboxylic acids is 1. The van der Waals surface area contributed by atoms with E-state index in [2.05, 4.69) is 4.99 Å². The van der Waals surface area contributed by atoms with Crippen molar-refractivity contribution in [3.05, 3.63) is 119 Å². The molecule has 0 radical (unpaired) electrons. The van der Waals surface area contributed by atoms with Crippen molar-refractivity contribution in [3.63, 3.8) is 0 Å². The van der Waals surface area contributed by atoms with E-state index >= 15 is 0 Å². The van der Waals surface area contributed by atoms with Crippen molar-refractivity contribution in [2.24, 2.45) is 4.99 Å². The molecule has 0 bridgehead atoms. The number of aromatic nitrogens is 1. The maximum atomic E-state index is 14.3. The van der Waals surface area contributed by atoms with Crippen LogP contribution in [0.3, 0.4) is 0 Å². The molecule has 0 aliphatic carbocycles. The normalized spacial score (nSPS) is 14.6. The number of allylic oxidation sites excluding steroid dienone is 1. The fraction of sp³-hybridized carbons (Fsp3) is 0.242. The third-order valence-electron chi connectivity index (χ3n) is 6.95. The second kappa shape index (κ2) is 13.5. The van der Waals surface area contributed by atoms with Crippen molar-refractivity contribution in [1.29, 1.82) is 0 Å². The average molecular weight is 637 g/mol. The smallest absolute Gasteiger partial charge is 0.338 e. The van der Waals surface area contributed by atoms with Crippen molar-refractivity contribution in [2.45, 2.75) is 33.4 Å². The van der Waals surface area contributed by atoms with Crippen LogP contribution in [0.2, 0.25) is 5.02 Å². The van der Waals surface area contributed by atoms with Gasteiger partial charge >= 0.3 is 5.97 Å². The molecule has 1 aliphatic heterocycles. The second-order valence-corrected chi connectivity index (χ2v) is 11.1. The maximum Gasteiger partial charge on any atom is 0.338 e. The van der Waals surface area contributed by atoms with Crippen LogP contribution in [0.4, 0.5) is 4.39 Å². The minimum atomic E-state index is -0.738. The fourth-order valence-corrected chi connectivity index (χ4v) is 6.13. The first-order valence-corrected chi connectivity index (χ1v) is 15.1. The number of benzene rings is 3. The van der Waals surface area contributed by atoms with Gasteiger partial charge in [-0.25, -0.2) is 14.2 Å². The molecular formula is C33H30ClFN2O6S. The van der Waals surface area contributed by atoms with Gasteiger partial charge in [-0.05, 0) is 74.4 Å². The molecule has 0 saturated carbocycles. The van der Waals surface area contributed by atoms with Crippen molar-refractivity contribution < 1.29 is 28.1 Å². The lowest BCUT2D eigenvalue weighted by molar-refractivity contribution is -0.139. The zero-order valence-corrected chi connectivity index (χ0v) is 26.1. The monoisotopic (exact) mass is 636 g/mol. The molecule has 44 heavy (non-hydrogen) atoms. The predicted octanol–water partition coefficient (Wildman–Crippen LogP) is 5.58. The molecule has 11 heteroatoms. The Kier molecular flexibility index (Phi) is 9.51. The van der Waals surface area contributed by atoms with Gasteiger partial charge in [-0.1, -0.05) is 47.2 Å². The summed E-state index contributed by atoms with van der Waals surface area (Å²) in [6, 6.07) is 16.1. The Balaban J connectivity index is 1.55. The first-order valence-electron chi connectivity index (χ1n) is 13.9. The number of thiazole rings is 1. The van der Waals surface area contributed by atoms with Gasteiger partial charge in [0.25, 0.3) is 5.56 Å². The maximum absolute atomic E-state index is 14.3. The SMILES string of the molecule is CCOC(=O)C1=C(C)N=c2s/c(=C/c3ccc(OCc4c(F)cccc4Cl)c(OCC)c3)c(=O)n2C1c1ccc(OC)cc1. The van der Waals surface area contributed by atoms with Gasteiger partial charge < -0.3 is 18.9 Å². The summed E-state index contributed by atoms with van der Waals surface area (Å²) in [5.41, 5.74) is 2.10. The number of hydrogen-bond donors (Lipinski definition) is 0. The van der Waals surface area contributed by atoms with Crippen molar-refractivity contribution in [3.8, 4) is 17.2 Å². The van der Waals surface area contributed by atoms with Gasteiger partial charge in [0.1, 0.15) is 18.2 Å². The van der Waals surface area contributed by atoms with Crippen LogP contribution in [-0.4, -0.2) is 30.9 Å². The highest BCUT2D eigenvalue weighted by molar-refractivity contribution is 7.07. The zero-order valence-electron chi connectivity index (χ0n) is 24.6. The Hall–Kier alpha value is -4.41. The highest BCUT2D eigenvalue weighted by Gasteiger charge is 2.33. The van der Waals surface area contributed by atoms with E-state index in [0.717, 1.165) is 0 Å². The predicted molar refractivity (Wildman–Crippen MR) is 167 cm³/mol. The van der Waals surface area contributed by atoms with Gasteiger partial charge in [0, 0.05) is 5.56 Å². The topological polar surface area (TPSA) is 88.4 Å². The van der Waals surface area contributed by atoms with Gasteiger partial charge in [0.2, 0.25) is 0 Å². The minimum Gasteiger partial charge on any atom is -0.497 e. The van der Waals surface area contributed by atoms with E-state index in [-0.39, 0.29) is 29.4 Å². The van der Waals surface area contributed by atoms with Crippen LogP contribution in [0, 0.1) is 5.82 Å². The number of carbonyl (C=O) groups is 1. The molecule has 1 aromatic heterocycles. The Morgan fingerprint density at radius 2 is 1.84 bits per heavy atom. The highest BCUT2D eigenvalue weighted by atomic mass is 35.5. The first kappa shape index (κ1) is 31.0.